The van der Waals surface area contributed by atoms with Crippen LogP contribution in [0.25, 0.3) is 0 Å². The monoisotopic (exact) mass is 411 g/mol. The summed E-state index contributed by atoms with van der Waals surface area (Å²) in [4.78, 5) is 36.9. The quantitative estimate of drug-likeness (QED) is 0.645. The summed E-state index contributed by atoms with van der Waals surface area (Å²) >= 11 is 14.9. The van der Waals surface area contributed by atoms with Crippen molar-refractivity contribution in [1.29, 1.82) is 0 Å². The van der Waals surface area contributed by atoms with Crippen molar-refractivity contribution >= 4 is 62.3 Å². The minimum Gasteiger partial charge on any atom is -0.323 e. The minimum atomic E-state index is -0.468. The van der Waals surface area contributed by atoms with E-state index in [1.165, 1.54) is 6.07 Å². The molecule has 0 atom stereocenters. The van der Waals surface area contributed by atoms with Crippen molar-refractivity contribution in [3.63, 3.8) is 0 Å². The van der Waals surface area contributed by atoms with Gasteiger partial charge in [-0.15, -0.1) is 11.6 Å². The van der Waals surface area contributed by atoms with Gasteiger partial charge in [0.15, 0.2) is 11.6 Å². The third-order valence-electron chi connectivity index (χ3n) is 3.49. The molecule has 0 aliphatic heterocycles. The van der Waals surface area contributed by atoms with E-state index >= 15 is 0 Å². The number of halogens is 3. The molecule has 116 valence electrons. The number of benzene rings is 2. The zero-order valence-corrected chi connectivity index (χ0v) is 14.6. The molecule has 1 aliphatic rings. The fourth-order valence-corrected chi connectivity index (χ4v) is 3.60. The van der Waals surface area contributed by atoms with Crippen molar-refractivity contribution in [2.75, 3.05) is 11.2 Å². The first-order chi connectivity index (χ1) is 11.0. The van der Waals surface area contributed by atoms with E-state index in [2.05, 4.69) is 21.2 Å². The number of fused-ring (bicyclic) bond motifs is 2. The van der Waals surface area contributed by atoms with Crippen LogP contribution < -0.4 is 5.32 Å². The molecule has 0 saturated carbocycles. The van der Waals surface area contributed by atoms with Gasteiger partial charge in [-0.25, -0.2) is 0 Å². The Morgan fingerprint density at radius 3 is 2.30 bits per heavy atom. The van der Waals surface area contributed by atoms with E-state index in [1.807, 2.05) is 0 Å². The van der Waals surface area contributed by atoms with Crippen LogP contribution >= 0.6 is 39.1 Å². The lowest BCUT2D eigenvalue weighted by Crippen LogP contribution is -2.23. The van der Waals surface area contributed by atoms with Gasteiger partial charge in [-0.1, -0.05) is 35.9 Å². The Balaban J connectivity index is 2.23. The molecular weight excluding hydrogens is 405 g/mol. The Morgan fingerprint density at radius 2 is 1.70 bits per heavy atom. The zero-order chi connectivity index (χ0) is 16.7. The standard InChI is InChI=1S/C16H8BrCl2NO3/c17-13-12-9(5-10(19)14(13)20-11(21)6-18)15(22)7-3-1-2-4-8(7)16(12)23/h1-5H,6H2,(H,20,21). The van der Waals surface area contributed by atoms with E-state index in [-0.39, 0.29) is 43.8 Å². The van der Waals surface area contributed by atoms with E-state index < -0.39 is 5.91 Å². The summed E-state index contributed by atoms with van der Waals surface area (Å²) in [5.74, 6) is -1.31. The molecule has 4 nitrogen and oxygen atoms in total. The highest BCUT2D eigenvalue weighted by Crippen LogP contribution is 2.40. The fraction of sp³-hybridized carbons (Fsp3) is 0.0625. The fourth-order valence-electron chi connectivity index (χ4n) is 2.47. The molecular formula is C16H8BrCl2NO3. The minimum absolute atomic E-state index is 0.148. The van der Waals surface area contributed by atoms with Crippen LogP contribution in [0.3, 0.4) is 0 Å². The highest BCUT2D eigenvalue weighted by molar-refractivity contribution is 9.10. The summed E-state index contributed by atoms with van der Waals surface area (Å²) in [6.45, 7) is 0. The van der Waals surface area contributed by atoms with E-state index in [1.54, 1.807) is 24.3 Å². The predicted molar refractivity (Wildman–Crippen MR) is 91.8 cm³/mol. The van der Waals surface area contributed by atoms with Crippen molar-refractivity contribution in [3.8, 4) is 0 Å². The van der Waals surface area contributed by atoms with Gasteiger partial charge in [-0.2, -0.15) is 0 Å². The first kappa shape index (κ1) is 16.2. The normalized spacial score (nSPS) is 12.7. The Hall–Kier alpha value is -1.69. The third-order valence-corrected chi connectivity index (χ3v) is 4.83. The zero-order valence-electron chi connectivity index (χ0n) is 11.5. The highest BCUT2D eigenvalue weighted by Gasteiger charge is 2.33. The average molecular weight is 413 g/mol. The number of rotatable bonds is 2. The smallest absolute Gasteiger partial charge is 0.239 e. The average Bonchev–Trinajstić information content (AvgIpc) is 2.55. The topological polar surface area (TPSA) is 63.2 Å². The summed E-state index contributed by atoms with van der Waals surface area (Å²) in [7, 11) is 0. The van der Waals surface area contributed by atoms with Crippen LogP contribution in [-0.2, 0) is 4.79 Å². The first-order valence-corrected chi connectivity index (χ1v) is 8.22. The third kappa shape index (κ3) is 2.59. The molecule has 0 heterocycles. The Morgan fingerprint density at radius 1 is 1.09 bits per heavy atom. The number of hydrogen-bond donors (Lipinski definition) is 1. The van der Waals surface area contributed by atoms with Crippen LogP contribution in [0.2, 0.25) is 5.02 Å². The molecule has 0 unspecified atom stereocenters. The molecule has 7 heteroatoms. The van der Waals surface area contributed by atoms with Crippen LogP contribution in [0.4, 0.5) is 5.69 Å². The lowest BCUT2D eigenvalue weighted by molar-refractivity contribution is -0.113. The summed E-state index contributed by atoms with van der Waals surface area (Å²) in [5.41, 5.74) is 1.27. The van der Waals surface area contributed by atoms with Crippen molar-refractivity contribution in [2.24, 2.45) is 0 Å². The Bertz CT molecular complexity index is 880. The van der Waals surface area contributed by atoms with E-state index in [9.17, 15) is 14.4 Å². The number of nitrogens with one attached hydrogen (secondary N) is 1. The van der Waals surface area contributed by atoms with Crippen molar-refractivity contribution in [3.05, 3.63) is 62.1 Å². The Kier molecular flexibility index (Phi) is 4.27. The molecule has 0 aromatic heterocycles. The summed E-state index contributed by atoms with van der Waals surface area (Å²) in [5, 5.41) is 2.67. The highest BCUT2D eigenvalue weighted by atomic mass is 79.9. The summed E-state index contributed by atoms with van der Waals surface area (Å²) in [6.07, 6.45) is 0. The van der Waals surface area contributed by atoms with E-state index in [0.717, 1.165) is 0 Å². The van der Waals surface area contributed by atoms with Crippen LogP contribution in [-0.4, -0.2) is 23.4 Å². The number of carbonyl (C=O) groups is 3. The molecule has 0 radical (unpaired) electrons. The van der Waals surface area contributed by atoms with Crippen molar-refractivity contribution < 1.29 is 14.4 Å². The maximum absolute atomic E-state index is 12.7. The van der Waals surface area contributed by atoms with Gasteiger partial charge in [0.05, 0.1) is 20.7 Å². The van der Waals surface area contributed by atoms with E-state index in [4.69, 9.17) is 23.2 Å². The first-order valence-electron chi connectivity index (χ1n) is 6.52. The predicted octanol–water partition coefficient (Wildman–Crippen LogP) is 4.06. The van der Waals surface area contributed by atoms with Crippen LogP contribution in [0, 0.1) is 0 Å². The molecule has 2 aromatic rings. The second-order valence-electron chi connectivity index (χ2n) is 4.86. The van der Waals surface area contributed by atoms with E-state index in [0.29, 0.717) is 11.1 Å². The number of ketones is 2. The Labute approximate surface area is 149 Å². The van der Waals surface area contributed by atoms with Gasteiger partial charge in [0, 0.05) is 16.7 Å². The molecule has 2 aromatic carbocycles. The number of carbonyl (C=O) groups excluding carboxylic acids is 3. The lowest BCUT2D eigenvalue weighted by atomic mass is 9.84. The van der Waals surface area contributed by atoms with Gasteiger partial charge in [-0.05, 0) is 22.0 Å². The van der Waals surface area contributed by atoms with Crippen molar-refractivity contribution in [2.45, 2.75) is 0 Å². The molecule has 0 spiro atoms. The summed E-state index contributed by atoms with van der Waals surface area (Å²) < 4.78 is 0.270. The van der Waals surface area contributed by atoms with Crippen molar-refractivity contribution in [1.82, 2.24) is 0 Å². The molecule has 1 aliphatic carbocycles. The van der Waals surface area contributed by atoms with Gasteiger partial charge >= 0.3 is 0 Å². The maximum Gasteiger partial charge on any atom is 0.239 e. The largest absolute Gasteiger partial charge is 0.323 e. The number of amides is 1. The van der Waals surface area contributed by atoms with Gasteiger partial charge in [-0.3, -0.25) is 14.4 Å². The molecule has 3 rings (SSSR count). The summed E-state index contributed by atoms with van der Waals surface area (Å²) in [6, 6.07) is 7.97. The van der Waals surface area contributed by atoms with Gasteiger partial charge in [0.1, 0.15) is 5.88 Å². The molecule has 23 heavy (non-hydrogen) atoms. The van der Waals surface area contributed by atoms with Crippen LogP contribution in [0.1, 0.15) is 31.8 Å². The number of anilines is 1. The molecule has 0 bridgehead atoms. The SMILES string of the molecule is O=C(CCl)Nc1c(Cl)cc2c(c1Br)C(=O)c1ccccc1C2=O. The number of hydrogen-bond acceptors (Lipinski definition) is 3. The molecule has 1 N–H and O–H groups in total. The van der Waals surface area contributed by atoms with Crippen LogP contribution in [0.15, 0.2) is 34.8 Å². The maximum atomic E-state index is 12.7. The molecule has 1 amide bonds. The van der Waals surface area contributed by atoms with Gasteiger partial charge in [0.25, 0.3) is 0 Å². The molecule has 0 saturated heterocycles. The lowest BCUT2D eigenvalue weighted by Gasteiger charge is -2.21. The molecule has 0 fully saturated rings. The number of alkyl halides is 1. The van der Waals surface area contributed by atoms with Gasteiger partial charge in [0.2, 0.25) is 5.91 Å². The second-order valence-corrected chi connectivity index (χ2v) is 6.32. The van der Waals surface area contributed by atoms with Gasteiger partial charge < -0.3 is 5.32 Å². The second kappa shape index (κ2) is 6.07. The van der Waals surface area contributed by atoms with Crippen LogP contribution in [0.5, 0.6) is 0 Å².